The molecule has 0 radical (unpaired) electrons. The fraction of sp³-hybridized carbons (Fsp3) is 0.929. The van der Waals surface area contributed by atoms with Crippen molar-refractivity contribution in [1.82, 2.24) is 5.32 Å². The van der Waals surface area contributed by atoms with Crippen molar-refractivity contribution in [3.63, 3.8) is 0 Å². The van der Waals surface area contributed by atoms with Crippen molar-refractivity contribution in [2.45, 2.75) is 65.3 Å². The maximum absolute atomic E-state index is 4.76. The third-order valence-electron chi connectivity index (χ3n) is 3.75. The number of aliphatic imine (C=N–C) groups is 1. The van der Waals surface area contributed by atoms with E-state index in [2.05, 4.69) is 33.0 Å². The number of thioether (sulfide) groups is 1. The molecule has 0 spiro atoms. The number of nitrogens with one attached hydrogen (secondary N) is 1. The average Bonchev–Trinajstić information content (AvgIpc) is 2.72. The lowest BCUT2D eigenvalue weighted by Crippen LogP contribution is -2.39. The summed E-state index contributed by atoms with van der Waals surface area (Å²) >= 11 is 1.89. The molecule has 0 aromatic rings. The summed E-state index contributed by atoms with van der Waals surface area (Å²) in [6.45, 7) is 10.1. The van der Waals surface area contributed by atoms with Crippen molar-refractivity contribution in [2.75, 3.05) is 12.3 Å². The predicted octanol–water partition coefficient (Wildman–Crippen LogP) is 4.06. The van der Waals surface area contributed by atoms with Crippen molar-refractivity contribution in [3.05, 3.63) is 0 Å². The second-order valence-electron chi connectivity index (χ2n) is 5.39. The van der Waals surface area contributed by atoms with Crippen LogP contribution in [-0.2, 0) is 0 Å². The van der Waals surface area contributed by atoms with E-state index in [0.717, 1.165) is 18.2 Å². The Morgan fingerprint density at radius 3 is 2.71 bits per heavy atom. The number of amidine groups is 1. The van der Waals surface area contributed by atoms with Crippen molar-refractivity contribution in [3.8, 4) is 0 Å². The SMILES string of the molecule is CCCCC(CC)CN=C1NC(C)(CC)CS1. The largest absolute Gasteiger partial charge is 0.359 e. The lowest BCUT2D eigenvalue weighted by Gasteiger charge is -2.21. The van der Waals surface area contributed by atoms with Gasteiger partial charge in [0.1, 0.15) is 0 Å². The van der Waals surface area contributed by atoms with Crippen LogP contribution in [0.25, 0.3) is 0 Å². The monoisotopic (exact) mass is 256 g/mol. The van der Waals surface area contributed by atoms with Crippen molar-refractivity contribution < 1.29 is 0 Å². The molecule has 17 heavy (non-hydrogen) atoms. The highest BCUT2D eigenvalue weighted by atomic mass is 32.2. The highest BCUT2D eigenvalue weighted by Gasteiger charge is 2.30. The highest BCUT2D eigenvalue weighted by molar-refractivity contribution is 8.14. The quantitative estimate of drug-likeness (QED) is 0.742. The van der Waals surface area contributed by atoms with Crippen LogP contribution in [0, 0.1) is 5.92 Å². The van der Waals surface area contributed by atoms with Crippen molar-refractivity contribution in [1.29, 1.82) is 0 Å². The fourth-order valence-electron chi connectivity index (χ4n) is 1.96. The van der Waals surface area contributed by atoms with Crippen LogP contribution >= 0.6 is 11.8 Å². The summed E-state index contributed by atoms with van der Waals surface area (Å²) in [6, 6.07) is 0. The summed E-state index contributed by atoms with van der Waals surface area (Å²) < 4.78 is 0. The average molecular weight is 256 g/mol. The Bertz CT molecular complexity index is 253. The molecule has 1 aliphatic heterocycles. The standard InChI is InChI=1S/C14H28N2S/c1-5-8-9-12(6-2)10-15-13-16-14(4,7-3)11-17-13/h12H,5-11H2,1-4H3,(H,15,16). The Balaban J connectivity index is 2.37. The van der Waals surface area contributed by atoms with Gasteiger partial charge in [-0.1, -0.05) is 51.8 Å². The predicted molar refractivity (Wildman–Crippen MR) is 79.9 cm³/mol. The Hall–Kier alpha value is -0.180. The summed E-state index contributed by atoms with van der Waals surface area (Å²) in [5.74, 6) is 1.94. The molecule has 0 aromatic carbocycles. The number of unbranched alkanes of at least 4 members (excludes halogenated alkanes) is 1. The third-order valence-corrected chi connectivity index (χ3v) is 5.04. The van der Waals surface area contributed by atoms with Crippen molar-refractivity contribution >= 4 is 16.9 Å². The molecule has 0 aliphatic carbocycles. The van der Waals surface area contributed by atoms with E-state index in [1.807, 2.05) is 11.8 Å². The van der Waals surface area contributed by atoms with Crippen LogP contribution in [0.4, 0.5) is 0 Å². The van der Waals surface area contributed by atoms with Crippen LogP contribution in [0.5, 0.6) is 0 Å². The Kier molecular flexibility index (Phi) is 6.39. The van der Waals surface area contributed by atoms with Gasteiger partial charge in [0, 0.05) is 17.8 Å². The summed E-state index contributed by atoms with van der Waals surface area (Å²) in [4.78, 5) is 4.76. The summed E-state index contributed by atoms with van der Waals surface area (Å²) in [5.41, 5.74) is 0.272. The molecule has 0 amide bonds. The zero-order valence-electron chi connectivity index (χ0n) is 11.9. The van der Waals surface area contributed by atoms with E-state index in [-0.39, 0.29) is 5.54 Å². The first kappa shape index (κ1) is 14.9. The van der Waals surface area contributed by atoms with E-state index in [4.69, 9.17) is 4.99 Å². The lowest BCUT2D eigenvalue weighted by molar-refractivity contribution is 0.453. The second kappa shape index (κ2) is 7.30. The summed E-state index contributed by atoms with van der Waals surface area (Å²) in [7, 11) is 0. The molecule has 2 atom stereocenters. The van der Waals surface area contributed by atoms with Gasteiger partial charge in [-0.3, -0.25) is 4.99 Å². The van der Waals surface area contributed by atoms with Gasteiger partial charge < -0.3 is 5.32 Å². The Morgan fingerprint density at radius 2 is 2.18 bits per heavy atom. The molecule has 2 unspecified atom stereocenters. The minimum absolute atomic E-state index is 0.272. The first-order valence-corrected chi connectivity index (χ1v) is 8.07. The fourth-order valence-corrected chi connectivity index (χ4v) is 3.18. The molecule has 1 saturated heterocycles. The van der Waals surface area contributed by atoms with Crippen LogP contribution in [0.1, 0.15) is 59.8 Å². The molecular formula is C14H28N2S. The van der Waals surface area contributed by atoms with Gasteiger partial charge in [-0.25, -0.2) is 0 Å². The van der Waals surface area contributed by atoms with E-state index >= 15 is 0 Å². The van der Waals surface area contributed by atoms with Crippen molar-refractivity contribution in [2.24, 2.45) is 10.9 Å². The summed E-state index contributed by atoms with van der Waals surface area (Å²) in [5, 5.41) is 4.74. The molecule has 1 heterocycles. The third kappa shape index (κ3) is 4.90. The zero-order valence-corrected chi connectivity index (χ0v) is 12.7. The smallest absolute Gasteiger partial charge is 0.157 e. The lowest BCUT2D eigenvalue weighted by atomic mass is 10.00. The number of rotatable bonds is 7. The topological polar surface area (TPSA) is 24.4 Å². The second-order valence-corrected chi connectivity index (χ2v) is 6.35. The maximum Gasteiger partial charge on any atom is 0.157 e. The maximum atomic E-state index is 4.76. The molecule has 3 heteroatoms. The molecule has 0 aromatic heterocycles. The number of nitrogens with zero attached hydrogens (tertiary/aromatic N) is 1. The van der Waals surface area contributed by atoms with Gasteiger partial charge in [-0.15, -0.1) is 0 Å². The van der Waals surface area contributed by atoms with Gasteiger partial charge >= 0.3 is 0 Å². The first-order chi connectivity index (χ1) is 8.13. The molecule has 1 N–H and O–H groups in total. The normalized spacial score (nSPS) is 28.4. The minimum atomic E-state index is 0.272. The van der Waals surface area contributed by atoms with E-state index in [1.54, 1.807) is 0 Å². The molecular weight excluding hydrogens is 228 g/mol. The van der Waals surface area contributed by atoms with Crippen LogP contribution in [-0.4, -0.2) is 23.0 Å². The molecule has 1 rings (SSSR count). The molecule has 1 aliphatic rings. The minimum Gasteiger partial charge on any atom is -0.359 e. The first-order valence-electron chi connectivity index (χ1n) is 7.09. The van der Waals surface area contributed by atoms with Gasteiger partial charge in [-0.2, -0.15) is 0 Å². The van der Waals surface area contributed by atoms with Gasteiger partial charge in [0.15, 0.2) is 5.17 Å². The zero-order chi connectivity index (χ0) is 12.7. The van der Waals surface area contributed by atoms with Gasteiger partial charge in [0.25, 0.3) is 0 Å². The van der Waals surface area contributed by atoms with E-state index in [1.165, 1.54) is 37.3 Å². The van der Waals surface area contributed by atoms with Gasteiger partial charge in [-0.05, 0) is 25.7 Å². The van der Waals surface area contributed by atoms with Gasteiger partial charge in [0.2, 0.25) is 0 Å². The molecule has 0 saturated carbocycles. The molecule has 0 bridgehead atoms. The number of hydrogen-bond donors (Lipinski definition) is 1. The number of hydrogen-bond acceptors (Lipinski definition) is 2. The van der Waals surface area contributed by atoms with Crippen LogP contribution in [0.2, 0.25) is 0 Å². The van der Waals surface area contributed by atoms with Crippen LogP contribution in [0.15, 0.2) is 4.99 Å². The van der Waals surface area contributed by atoms with E-state index in [0.29, 0.717) is 0 Å². The van der Waals surface area contributed by atoms with Crippen LogP contribution in [0.3, 0.4) is 0 Å². The Morgan fingerprint density at radius 1 is 1.41 bits per heavy atom. The Labute approximate surface area is 111 Å². The van der Waals surface area contributed by atoms with Crippen LogP contribution < -0.4 is 5.32 Å². The molecule has 1 fully saturated rings. The van der Waals surface area contributed by atoms with Gasteiger partial charge in [0.05, 0.1) is 0 Å². The van der Waals surface area contributed by atoms with E-state index < -0.39 is 0 Å². The summed E-state index contributed by atoms with van der Waals surface area (Å²) in [6.07, 6.45) is 6.41. The molecule has 2 nitrogen and oxygen atoms in total. The molecule has 100 valence electrons. The highest BCUT2D eigenvalue weighted by Crippen LogP contribution is 2.26. The van der Waals surface area contributed by atoms with E-state index in [9.17, 15) is 0 Å².